The zero-order chi connectivity index (χ0) is 23.4. The van der Waals surface area contributed by atoms with Gasteiger partial charge < -0.3 is 19.7 Å². The Morgan fingerprint density at radius 3 is 1.67 bits per heavy atom. The molecule has 0 aliphatic carbocycles. The van der Waals surface area contributed by atoms with Gasteiger partial charge in [-0.05, 0) is 82.4 Å². The molecule has 1 atom stereocenters. The summed E-state index contributed by atoms with van der Waals surface area (Å²) in [6.07, 6.45) is 0.811. The highest BCUT2D eigenvalue weighted by molar-refractivity contribution is 5.95. The average Bonchev–Trinajstić information content (AvgIpc) is 2.81. The number of benzene rings is 4. The number of carbonyl (C=O) groups is 2. The molecule has 0 bridgehead atoms. The molecule has 168 valence electrons. The summed E-state index contributed by atoms with van der Waals surface area (Å²) in [7, 11) is 0. The summed E-state index contributed by atoms with van der Waals surface area (Å²) < 4.78 is 11.8. The molecule has 0 aromatic heterocycles. The van der Waals surface area contributed by atoms with Crippen LogP contribution in [-0.4, -0.2) is 35.4 Å². The van der Waals surface area contributed by atoms with Crippen molar-refractivity contribution in [3.63, 3.8) is 0 Å². The van der Waals surface area contributed by atoms with Crippen LogP contribution in [-0.2, 0) is 0 Å². The molecule has 0 aliphatic heterocycles. The normalized spacial score (nSPS) is 11.9. The summed E-state index contributed by atoms with van der Waals surface area (Å²) in [6.45, 7) is 3.17. The van der Waals surface area contributed by atoms with Gasteiger partial charge in [0.25, 0.3) is 0 Å². The lowest BCUT2D eigenvalue weighted by molar-refractivity contribution is 0.0686. The minimum Gasteiger partial charge on any atom is -0.494 e. The van der Waals surface area contributed by atoms with E-state index in [-0.39, 0.29) is 17.0 Å². The lowest BCUT2D eigenvalue weighted by Gasteiger charge is -2.14. The zero-order valence-electron chi connectivity index (χ0n) is 18.2. The molecule has 4 rings (SSSR count). The highest BCUT2D eigenvalue weighted by Crippen LogP contribution is 2.24. The maximum absolute atomic E-state index is 11.1. The van der Waals surface area contributed by atoms with Crippen LogP contribution < -0.4 is 9.47 Å². The Hall–Kier alpha value is -4.06. The number of fused-ring (bicyclic) bond motifs is 2. The molecule has 0 fully saturated rings. The van der Waals surface area contributed by atoms with E-state index in [0.717, 1.165) is 39.5 Å². The summed E-state index contributed by atoms with van der Waals surface area (Å²) in [5.74, 6) is -0.120. The van der Waals surface area contributed by atoms with Crippen molar-refractivity contribution in [3.05, 3.63) is 83.9 Å². The van der Waals surface area contributed by atoms with Crippen molar-refractivity contribution in [2.45, 2.75) is 13.3 Å². The van der Waals surface area contributed by atoms with Gasteiger partial charge in [-0.2, -0.15) is 0 Å². The van der Waals surface area contributed by atoms with E-state index >= 15 is 0 Å². The molecule has 4 aromatic carbocycles. The van der Waals surface area contributed by atoms with Crippen molar-refractivity contribution in [1.29, 1.82) is 0 Å². The first kappa shape index (κ1) is 22.1. The van der Waals surface area contributed by atoms with Crippen molar-refractivity contribution in [2.75, 3.05) is 13.2 Å². The quantitative estimate of drug-likeness (QED) is 0.335. The molecule has 2 N–H and O–H groups in total. The fourth-order valence-corrected chi connectivity index (χ4v) is 3.59. The second kappa shape index (κ2) is 9.61. The van der Waals surface area contributed by atoms with Crippen molar-refractivity contribution >= 4 is 33.5 Å². The minimum absolute atomic E-state index is 0.265. The molecule has 33 heavy (non-hydrogen) atoms. The van der Waals surface area contributed by atoms with Crippen molar-refractivity contribution < 1.29 is 29.3 Å². The second-order valence-corrected chi connectivity index (χ2v) is 8.11. The fraction of sp³-hybridized carbons (Fsp3) is 0.185. The van der Waals surface area contributed by atoms with Gasteiger partial charge >= 0.3 is 11.9 Å². The number of carboxylic acids is 2. The van der Waals surface area contributed by atoms with Gasteiger partial charge in [0.15, 0.2) is 0 Å². The Morgan fingerprint density at radius 1 is 0.697 bits per heavy atom. The van der Waals surface area contributed by atoms with Crippen molar-refractivity contribution in [3.8, 4) is 11.5 Å². The molecule has 0 aliphatic rings. The third kappa shape index (κ3) is 5.41. The third-order valence-electron chi connectivity index (χ3n) is 5.53. The van der Waals surface area contributed by atoms with Crippen LogP contribution in [0.4, 0.5) is 0 Å². The van der Waals surface area contributed by atoms with E-state index < -0.39 is 11.9 Å². The number of hydrogen-bond acceptors (Lipinski definition) is 4. The van der Waals surface area contributed by atoms with Crippen LogP contribution in [0.5, 0.6) is 11.5 Å². The van der Waals surface area contributed by atoms with Crippen molar-refractivity contribution in [1.82, 2.24) is 0 Å². The molecule has 0 saturated carbocycles. The van der Waals surface area contributed by atoms with Crippen LogP contribution in [0, 0.1) is 5.92 Å². The lowest BCUT2D eigenvalue weighted by atomic mass is 10.1. The first-order chi connectivity index (χ1) is 15.9. The van der Waals surface area contributed by atoms with Crippen LogP contribution in [0.1, 0.15) is 34.1 Å². The van der Waals surface area contributed by atoms with Crippen LogP contribution in [0.3, 0.4) is 0 Å². The van der Waals surface area contributed by atoms with E-state index in [1.807, 2.05) is 36.4 Å². The predicted octanol–water partition coefficient (Wildman–Crippen LogP) is 5.87. The van der Waals surface area contributed by atoms with Gasteiger partial charge in [0.1, 0.15) is 11.5 Å². The molecule has 1 unspecified atom stereocenters. The molecular formula is C27H24O6. The Bertz CT molecular complexity index is 1330. The van der Waals surface area contributed by atoms with E-state index in [1.54, 1.807) is 36.4 Å². The first-order valence-electron chi connectivity index (χ1n) is 10.7. The number of carboxylic acid groups (broad SMARTS) is 2. The number of ether oxygens (including phenoxy) is 2. The summed E-state index contributed by atoms with van der Waals surface area (Å²) in [5.41, 5.74) is 0.530. The molecule has 0 heterocycles. The summed E-state index contributed by atoms with van der Waals surface area (Å²) in [4.78, 5) is 22.2. The van der Waals surface area contributed by atoms with Gasteiger partial charge in [-0.15, -0.1) is 0 Å². The van der Waals surface area contributed by atoms with Crippen LogP contribution >= 0.6 is 0 Å². The van der Waals surface area contributed by atoms with Crippen LogP contribution in [0.2, 0.25) is 0 Å². The SMILES string of the molecule is CC(CCOc1ccc2cc(C(=O)O)ccc2c1)COc1ccc2cc(C(=O)O)ccc2c1. The number of rotatable bonds is 9. The van der Waals surface area contributed by atoms with Gasteiger partial charge in [-0.25, -0.2) is 9.59 Å². The van der Waals surface area contributed by atoms with Gasteiger partial charge in [-0.3, -0.25) is 0 Å². The molecular weight excluding hydrogens is 420 g/mol. The van der Waals surface area contributed by atoms with E-state index in [1.165, 1.54) is 0 Å². The topological polar surface area (TPSA) is 93.1 Å². The number of aromatic carboxylic acids is 2. The monoisotopic (exact) mass is 444 g/mol. The summed E-state index contributed by atoms with van der Waals surface area (Å²) in [6, 6.07) is 21.3. The van der Waals surface area contributed by atoms with E-state index in [2.05, 4.69) is 6.92 Å². The summed E-state index contributed by atoms with van der Waals surface area (Å²) in [5, 5.41) is 21.8. The molecule has 0 saturated heterocycles. The zero-order valence-corrected chi connectivity index (χ0v) is 18.2. The van der Waals surface area contributed by atoms with Gasteiger partial charge in [0.05, 0.1) is 24.3 Å². The third-order valence-corrected chi connectivity index (χ3v) is 5.53. The standard InChI is InChI=1S/C27H24O6/c1-17(16-33-25-9-7-19-13-23(27(30)31)5-3-21(19)15-25)10-11-32-24-8-6-18-12-22(26(28)29)4-2-20(18)14-24/h2-9,12-15,17H,10-11,16H2,1H3,(H,28,29)(H,30,31). The number of hydrogen-bond donors (Lipinski definition) is 2. The van der Waals surface area contributed by atoms with Gasteiger partial charge in [0, 0.05) is 0 Å². The highest BCUT2D eigenvalue weighted by atomic mass is 16.5. The lowest BCUT2D eigenvalue weighted by Crippen LogP contribution is -2.12. The molecule has 0 radical (unpaired) electrons. The Balaban J connectivity index is 1.28. The Kier molecular flexibility index (Phi) is 6.45. The molecule has 6 heteroatoms. The molecule has 6 nitrogen and oxygen atoms in total. The van der Waals surface area contributed by atoms with Gasteiger partial charge in [0.2, 0.25) is 0 Å². The Morgan fingerprint density at radius 2 is 1.15 bits per heavy atom. The molecule has 0 spiro atoms. The maximum atomic E-state index is 11.1. The fourth-order valence-electron chi connectivity index (χ4n) is 3.59. The van der Waals surface area contributed by atoms with Gasteiger partial charge in [-0.1, -0.05) is 31.2 Å². The smallest absolute Gasteiger partial charge is 0.335 e. The second-order valence-electron chi connectivity index (χ2n) is 8.11. The minimum atomic E-state index is -0.940. The first-order valence-corrected chi connectivity index (χ1v) is 10.7. The molecule has 0 amide bonds. The van der Waals surface area contributed by atoms with E-state index in [4.69, 9.17) is 19.7 Å². The predicted molar refractivity (Wildman–Crippen MR) is 127 cm³/mol. The van der Waals surface area contributed by atoms with Crippen LogP contribution in [0.25, 0.3) is 21.5 Å². The summed E-state index contributed by atoms with van der Waals surface area (Å²) >= 11 is 0. The van der Waals surface area contributed by atoms with Crippen LogP contribution in [0.15, 0.2) is 72.8 Å². The van der Waals surface area contributed by atoms with E-state index in [9.17, 15) is 9.59 Å². The average molecular weight is 444 g/mol. The highest BCUT2D eigenvalue weighted by Gasteiger charge is 2.08. The Labute approximate surface area is 191 Å². The van der Waals surface area contributed by atoms with Crippen molar-refractivity contribution in [2.24, 2.45) is 5.92 Å². The molecule has 4 aromatic rings. The largest absolute Gasteiger partial charge is 0.494 e. The van der Waals surface area contributed by atoms with E-state index in [0.29, 0.717) is 13.2 Å². The maximum Gasteiger partial charge on any atom is 0.335 e.